The number of rotatable bonds is 5. The minimum Gasteiger partial charge on any atom is -0.451 e. The topological polar surface area (TPSA) is 55.4 Å². The van der Waals surface area contributed by atoms with Crippen LogP contribution in [0.2, 0.25) is 0 Å². The number of benzene rings is 1. The standard InChI is InChI=1S/C18H17NO3S/c1-2-9-19-16(20)11-22-18(21)15-10-13-8-7-12-5-3-4-6-14(12)17(13)23-15/h2-6,10H,1,7-9,11H2,(H,19,20). The molecule has 0 saturated heterocycles. The van der Waals surface area contributed by atoms with Gasteiger partial charge in [0.2, 0.25) is 0 Å². The number of amides is 1. The predicted molar refractivity (Wildman–Crippen MR) is 90.7 cm³/mol. The highest BCUT2D eigenvalue weighted by Gasteiger charge is 2.22. The molecular weight excluding hydrogens is 310 g/mol. The van der Waals surface area contributed by atoms with Gasteiger partial charge < -0.3 is 10.1 Å². The Balaban J connectivity index is 1.71. The average molecular weight is 327 g/mol. The van der Waals surface area contributed by atoms with Crippen molar-refractivity contribution in [3.8, 4) is 10.4 Å². The van der Waals surface area contributed by atoms with Crippen LogP contribution in [0, 0.1) is 0 Å². The molecule has 0 aliphatic heterocycles. The maximum atomic E-state index is 12.1. The molecule has 0 fully saturated rings. The SMILES string of the molecule is C=CCNC(=O)COC(=O)c1cc2c(s1)-c1ccccc1CC2. The second kappa shape index (κ2) is 6.79. The summed E-state index contributed by atoms with van der Waals surface area (Å²) in [5.41, 5.74) is 3.68. The Labute approximate surface area is 138 Å². The molecule has 0 spiro atoms. The summed E-state index contributed by atoms with van der Waals surface area (Å²) in [5.74, 6) is -0.777. The second-order valence-electron chi connectivity index (χ2n) is 5.29. The number of esters is 1. The zero-order valence-electron chi connectivity index (χ0n) is 12.6. The summed E-state index contributed by atoms with van der Waals surface area (Å²) in [6, 6.07) is 10.1. The van der Waals surface area contributed by atoms with Crippen LogP contribution >= 0.6 is 11.3 Å². The van der Waals surface area contributed by atoms with Crippen molar-refractivity contribution in [2.45, 2.75) is 12.8 Å². The lowest BCUT2D eigenvalue weighted by Crippen LogP contribution is -2.28. The highest BCUT2D eigenvalue weighted by Crippen LogP contribution is 2.39. The first kappa shape index (κ1) is 15.5. The van der Waals surface area contributed by atoms with Crippen LogP contribution in [-0.4, -0.2) is 25.0 Å². The molecule has 0 bridgehead atoms. The zero-order chi connectivity index (χ0) is 16.2. The number of aryl methyl sites for hydroxylation is 2. The predicted octanol–water partition coefficient (Wildman–Crippen LogP) is 2.97. The van der Waals surface area contributed by atoms with Gasteiger partial charge in [-0.15, -0.1) is 17.9 Å². The molecule has 3 rings (SSSR count). The first-order chi connectivity index (χ1) is 11.2. The molecule has 1 aromatic heterocycles. The molecule has 1 aliphatic carbocycles. The molecule has 118 valence electrons. The monoisotopic (exact) mass is 327 g/mol. The van der Waals surface area contributed by atoms with Gasteiger partial charge in [-0.05, 0) is 35.6 Å². The van der Waals surface area contributed by atoms with E-state index in [1.165, 1.54) is 28.0 Å². The fourth-order valence-electron chi connectivity index (χ4n) is 2.61. The van der Waals surface area contributed by atoms with Gasteiger partial charge in [-0.3, -0.25) is 4.79 Å². The van der Waals surface area contributed by atoms with E-state index in [-0.39, 0.29) is 12.5 Å². The number of carbonyl (C=O) groups is 2. The van der Waals surface area contributed by atoms with Crippen molar-refractivity contribution in [1.82, 2.24) is 5.32 Å². The molecule has 0 radical (unpaired) electrons. The zero-order valence-corrected chi connectivity index (χ0v) is 13.4. The van der Waals surface area contributed by atoms with E-state index in [0.717, 1.165) is 17.7 Å². The van der Waals surface area contributed by atoms with Crippen molar-refractivity contribution < 1.29 is 14.3 Å². The van der Waals surface area contributed by atoms with E-state index in [9.17, 15) is 9.59 Å². The number of hydrogen-bond donors (Lipinski definition) is 1. The lowest BCUT2D eigenvalue weighted by atomic mass is 9.91. The van der Waals surface area contributed by atoms with Crippen molar-refractivity contribution in [3.63, 3.8) is 0 Å². The van der Waals surface area contributed by atoms with E-state index < -0.39 is 5.97 Å². The van der Waals surface area contributed by atoms with E-state index in [1.54, 1.807) is 6.08 Å². The van der Waals surface area contributed by atoms with Crippen LogP contribution in [0.5, 0.6) is 0 Å². The molecule has 0 atom stereocenters. The van der Waals surface area contributed by atoms with Crippen LogP contribution in [0.3, 0.4) is 0 Å². The van der Waals surface area contributed by atoms with Gasteiger partial charge in [-0.1, -0.05) is 30.3 Å². The van der Waals surface area contributed by atoms with E-state index in [0.29, 0.717) is 11.4 Å². The van der Waals surface area contributed by atoms with Crippen LogP contribution in [0.4, 0.5) is 0 Å². The Bertz CT molecular complexity index is 763. The molecule has 1 aromatic carbocycles. The average Bonchev–Trinajstić information content (AvgIpc) is 3.02. The van der Waals surface area contributed by atoms with Gasteiger partial charge in [-0.2, -0.15) is 0 Å². The number of thiophene rings is 1. The minimum absolute atomic E-state index is 0.272. The number of fused-ring (bicyclic) bond motifs is 3. The van der Waals surface area contributed by atoms with Crippen LogP contribution in [-0.2, 0) is 22.4 Å². The minimum atomic E-state index is -0.448. The Kier molecular flexibility index (Phi) is 4.57. The maximum absolute atomic E-state index is 12.1. The Morgan fingerprint density at radius 3 is 2.87 bits per heavy atom. The van der Waals surface area contributed by atoms with Gasteiger partial charge in [-0.25, -0.2) is 4.79 Å². The lowest BCUT2D eigenvalue weighted by Gasteiger charge is -2.15. The second-order valence-corrected chi connectivity index (χ2v) is 6.34. The third kappa shape index (κ3) is 3.35. The van der Waals surface area contributed by atoms with Crippen LogP contribution in [0.15, 0.2) is 43.0 Å². The van der Waals surface area contributed by atoms with Crippen LogP contribution in [0.1, 0.15) is 20.8 Å². The number of ether oxygens (including phenoxy) is 1. The molecule has 4 nitrogen and oxygen atoms in total. The third-order valence-corrected chi connectivity index (χ3v) is 4.90. The molecule has 0 saturated carbocycles. The van der Waals surface area contributed by atoms with Gasteiger partial charge in [0.15, 0.2) is 6.61 Å². The molecule has 23 heavy (non-hydrogen) atoms. The highest BCUT2D eigenvalue weighted by molar-refractivity contribution is 7.17. The van der Waals surface area contributed by atoms with Crippen molar-refractivity contribution in [1.29, 1.82) is 0 Å². The van der Waals surface area contributed by atoms with Gasteiger partial charge >= 0.3 is 5.97 Å². The fraction of sp³-hybridized carbons (Fsp3) is 0.222. The molecule has 1 heterocycles. The van der Waals surface area contributed by atoms with E-state index in [2.05, 4.69) is 24.0 Å². The number of hydrogen-bond acceptors (Lipinski definition) is 4. The molecule has 0 unspecified atom stereocenters. The Morgan fingerprint density at radius 1 is 1.26 bits per heavy atom. The summed E-state index contributed by atoms with van der Waals surface area (Å²) in [7, 11) is 0. The molecular formula is C18H17NO3S. The summed E-state index contributed by atoms with van der Waals surface area (Å²) >= 11 is 1.43. The third-order valence-electron chi connectivity index (χ3n) is 3.71. The van der Waals surface area contributed by atoms with E-state index in [1.807, 2.05) is 18.2 Å². The van der Waals surface area contributed by atoms with Crippen molar-refractivity contribution >= 4 is 23.2 Å². The van der Waals surface area contributed by atoms with Crippen LogP contribution < -0.4 is 5.32 Å². The van der Waals surface area contributed by atoms with Gasteiger partial charge in [0, 0.05) is 11.4 Å². The summed E-state index contributed by atoms with van der Waals surface area (Å²) in [4.78, 5) is 25.3. The normalized spacial score (nSPS) is 12.0. The molecule has 1 N–H and O–H groups in total. The molecule has 1 aliphatic rings. The first-order valence-corrected chi connectivity index (χ1v) is 8.26. The summed E-state index contributed by atoms with van der Waals surface area (Å²) in [5, 5.41) is 2.57. The first-order valence-electron chi connectivity index (χ1n) is 7.44. The van der Waals surface area contributed by atoms with Crippen molar-refractivity contribution in [2.75, 3.05) is 13.2 Å². The van der Waals surface area contributed by atoms with Crippen molar-refractivity contribution in [3.05, 3.63) is 59.0 Å². The number of nitrogens with one attached hydrogen (secondary N) is 1. The Hall–Kier alpha value is -2.40. The summed E-state index contributed by atoms with van der Waals surface area (Å²) < 4.78 is 5.08. The lowest BCUT2D eigenvalue weighted by molar-refractivity contribution is -0.124. The highest BCUT2D eigenvalue weighted by atomic mass is 32.1. The largest absolute Gasteiger partial charge is 0.451 e. The van der Waals surface area contributed by atoms with Gasteiger partial charge in [0.05, 0.1) is 0 Å². The molecule has 2 aromatic rings. The van der Waals surface area contributed by atoms with E-state index >= 15 is 0 Å². The quantitative estimate of drug-likeness (QED) is 0.678. The van der Waals surface area contributed by atoms with Crippen molar-refractivity contribution in [2.24, 2.45) is 0 Å². The maximum Gasteiger partial charge on any atom is 0.348 e. The molecule has 5 heteroatoms. The fourth-order valence-corrected chi connectivity index (χ4v) is 3.78. The van der Waals surface area contributed by atoms with Gasteiger partial charge in [0.1, 0.15) is 4.88 Å². The molecule has 1 amide bonds. The van der Waals surface area contributed by atoms with Crippen LogP contribution in [0.25, 0.3) is 10.4 Å². The Morgan fingerprint density at radius 2 is 2.04 bits per heavy atom. The summed E-state index contributed by atoms with van der Waals surface area (Å²) in [6.07, 6.45) is 3.48. The smallest absolute Gasteiger partial charge is 0.348 e. The summed E-state index contributed by atoms with van der Waals surface area (Å²) in [6.45, 7) is 3.60. The number of carbonyl (C=O) groups excluding carboxylic acids is 2. The van der Waals surface area contributed by atoms with Gasteiger partial charge in [0.25, 0.3) is 5.91 Å². The van der Waals surface area contributed by atoms with E-state index in [4.69, 9.17) is 4.74 Å².